The summed E-state index contributed by atoms with van der Waals surface area (Å²) in [4.78, 5) is 4.21. The van der Waals surface area contributed by atoms with Crippen molar-refractivity contribution in [1.29, 1.82) is 0 Å². The molecule has 0 aliphatic carbocycles. The molecule has 2 aromatic carbocycles. The lowest BCUT2D eigenvalue weighted by atomic mass is 9.98. The first-order valence-corrected chi connectivity index (χ1v) is 7.05. The highest BCUT2D eigenvalue weighted by molar-refractivity contribution is 6.29. The summed E-state index contributed by atoms with van der Waals surface area (Å²) in [6.45, 7) is 0. The van der Waals surface area contributed by atoms with Crippen LogP contribution in [0.3, 0.4) is 0 Å². The molecule has 0 saturated carbocycles. The SMILES string of the molecule is COc1nc(Cl)cn1C(c1ccccc1)c1ccccc1. The normalized spacial score (nSPS) is 10.8. The van der Waals surface area contributed by atoms with Crippen LogP contribution < -0.4 is 4.74 Å². The summed E-state index contributed by atoms with van der Waals surface area (Å²) < 4.78 is 7.31. The second kappa shape index (κ2) is 6.02. The van der Waals surface area contributed by atoms with Crippen molar-refractivity contribution in [2.45, 2.75) is 6.04 Å². The molecule has 0 N–H and O–H groups in total. The first kappa shape index (κ1) is 13.7. The van der Waals surface area contributed by atoms with Crippen LogP contribution in [0.5, 0.6) is 6.01 Å². The maximum atomic E-state index is 6.05. The summed E-state index contributed by atoms with van der Waals surface area (Å²) in [7, 11) is 1.60. The van der Waals surface area contributed by atoms with Crippen LogP contribution in [0.4, 0.5) is 0 Å². The average Bonchev–Trinajstić information content (AvgIpc) is 2.90. The number of imidazole rings is 1. The van der Waals surface area contributed by atoms with Gasteiger partial charge in [-0.25, -0.2) is 0 Å². The monoisotopic (exact) mass is 298 g/mol. The first-order valence-electron chi connectivity index (χ1n) is 6.68. The standard InChI is InChI=1S/C17H15ClN2O/c1-21-17-19-15(18)12-20(17)16(13-8-4-2-5-9-13)14-10-6-3-7-11-14/h2-12,16H,1H3. The maximum absolute atomic E-state index is 6.05. The molecule has 106 valence electrons. The van der Waals surface area contributed by atoms with Gasteiger partial charge in [0.05, 0.1) is 13.2 Å². The number of nitrogens with zero attached hydrogens (tertiary/aromatic N) is 2. The molecule has 0 aliphatic heterocycles. The van der Waals surface area contributed by atoms with E-state index in [0.29, 0.717) is 11.2 Å². The fourth-order valence-corrected chi connectivity index (χ4v) is 2.65. The van der Waals surface area contributed by atoms with E-state index in [4.69, 9.17) is 16.3 Å². The van der Waals surface area contributed by atoms with Gasteiger partial charge in [0.15, 0.2) is 5.15 Å². The summed E-state index contributed by atoms with van der Waals surface area (Å²) >= 11 is 6.05. The zero-order chi connectivity index (χ0) is 14.7. The molecule has 0 atom stereocenters. The highest BCUT2D eigenvalue weighted by Gasteiger charge is 2.20. The summed E-state index contributed by atoms with van der Waals surface area (Å²) in [5.74, 6) is 0. The molecule has 0 fully saturated rings. The Hall–Kier alpha value is -2.26. The van der Waals surface area contributed by atoms with Gasteiger partial charge in [0.1, 0.15) is 0 Å². The largest absolute Gasteiger partial charge is 0.468 e. The van der Waals surface area contributed by atoms with Crippen molar-refractivity contribution >= 4 is 11.6 Å². The van der Waals surface area contributed by atoms with E-state index in [0.717, 1.165) is 11.1 Å². The third-order valence-electron chi connectivity index (χ3n) is 3.36. The molecule has 0 aliphatic rings. The quantitative estimate of drug-likeness (QED) is 0.722. The van der Waals surface area contributed by atoms with Crippen molar-refractivity contribution in [2.75, 3.05) is 7.11 Å². The number of halogens is 1. The van der Waals surface area contributed by atoms with Gasteiger partial charge >= 0.3 is 0 Å². The van der Waals surface area contributed by atoms with Crippen LogP contribution in [-0.4, -0.2) is 16.7 Å². The fourth-order valence-electron chi connectivity index (χ4n) is 2.47. The Bertz CT molecular complexity index is 671. The molecule has 21 heavy (non-hydrogen) atoms. The Morgan fingerprint density at radius 2 is 1.48 bits per heavy atom. The molecule has 0 amide bonds. The van der Waals surface area contributed by atoms with Crippen molar-refractivity contribution in [3.63, 3.8) is 0 Å². The van der Waals surface area contributed by atoms with Crippen LogP contribution in [0.15, 0.2) is 66.9 Å². The lowest BCUT2D eigenvalue weighted by Crippen LogP contribution is -2.12. The Kier molecular flexibility index (Phi) is 3.93. The third kappa shape index (κ3) is 2.78. The number of benzene rings is 2. The number of aromatic nitrogens is 2. The number of methoxy groups -OCH3 is 1. The van der Waals surface area contributed by atoms with Gasteiger partial charge in [-0.05, 0) is 11.1 Å². The minimum Gasteiger partial charge on any atom is -0.468 e. The minimum absolute atomic E-state index is 0.0256. The van der Waals surface area contributed by atoms with E-state index in [1.807, 2.05) is 41.0 Å². The van der Waals surface area contributed by atoms with Crippen molar-refractivity contribution in [2.24, 2.45) is 0 Å². The predicted molar refractivity (Wildman–Crippen MR) is 83.9 cm³/mol. The molecule has 4 heteroatoms. The zero-order valence-corrected chi connectivity index (χ0v) is 12.4. The van der Waals surface area contributed by atoms with Crippen molar-refractivity contribution < 1.29 is 4.74 Å². The molecule has 0 saturated heterocycles. The second-order valence-electron chi connectivity index (χ2n) is 4.68. The van der Waals surface area contributed by atoms with Crippen molar-refractivity contribution in [3.8, 4) is 6.01 Å². The van der Waals surface area contributed by atoms with Gasteiger partial charge in [-0.2, -0.15) is 4.98 Å². The summed E-state index contributed by atoms with van der Waals surface area (Å²) in [5.41, 5.74) is 2.30. The molecule has 0 unspecified atom stereocenters. The zero-order valence-electron chi connectivity index (χ0n) is 11.6. The summed E-state index contributed by atoms with van der Waals surface area (Å²) in [5, 5.41) is 0.420. The van der Waals surface area contributed by atoms with Gasteiger partial charge in [0.25, 0.3) is 6.01 Å². The Balaban J connectivity index is 2.17. The van der Waals surface area contributed by atoms with E-state index >= 15 is 0 Å². The van der Waals surface area contributed by atoms with Gasteiger partial charge in [-0.3, -0.25) is 4.57 Å². The highest BCUT2D eigenvalue weighted by atomic mass is 35.5. The smallest absolute Gasteiger partial charge is 0.298 e. The first-order chi connectivity index (χ1) is 10.3. The molecule has 0 bridgehead atoms. The number of ether oxygens (including phenoxy) is 1. The third-order valence-corrected chi connectivity index (χ3v) is 3.54. The lowest BCUT2D eigenvalue weighted by Gasteiger charge is -2.21. The molecule has 3 nitrogen and oxygen atoms in total. The van der Waals surface area contributed by atoms with Crippen molar-refractivity contribution in [3.05, 3.63) is 83.1 Å². The molecule has 3 rings (SSSR count). The van der Waals surface area contributed by atoms with Gasteiger partial charge in [-0.1, -0.05) is 72.3 Å². The Morgan fingerprint density at radius 3 is 1.95 bits per heavy atom. The fraction of sp³-hybridized carbons (Fsp3) is 0.118. The van der Waals surface area contributed by atoms with E-state index in [-0.39, 0.29) is 6.04 Å². The van der Waals surface area contributed by atoms with Crippen LogP contribution in [0, 0.1) is 0 Å². The van der Waals surface area contributed by atoms with Crippen LogP contribution >= 0.6 is 11.6 Å². The van der Waals surface area contributed by atoms with E-state index in [1.54, 1.807) is 13.3 Å². The van der Waals surface area contributed by atoms with E-state index in [9.17, 15) is 0 Å². The lowest BCUT2D eigenvalue weighted by molar-refractivity contribution is 0.354. The maximum Gasteiger partial charge on any atom is 0.298 e. The second-order valence-corrected chi connectivity index (χ2v) is 5.07. The summed E-state index contributed by atoms with van der Waals surface area (Å²) in [6, 6.07) is 20.9. The molecule has 0 spiro atoms. The highest BCUT2D eigenvalue weighted by Crippen LogP contribution is 2.31. The molecule has 0 radical (unpaired) electrons. The van der Waals surface area contributed by atoms with E-state index < -0.39 is 0 Å². The van der Waals surface area contributed by atoms with Gasteiger partial charge < -0.3 is 4.74 Å². The number of hydrogen-bond acceptors (Lipinski definition) is 2. The van der Waals surface area contributed by atoms with Gasteiger partial charge in [0.2, 0.25) is 0 Å². The molecular formula is C17H15ClN2O. The molecule has 3 aromatic rings. The van der Waals surface area contributed by atoms with Gasteiger partial charge in [0, 0.05) is 6.20 Å². The van der Waals surface area contributed by atoms with Crippen LogP contribution in [-0.2, 0) is 0 Å². The topological polar surface area (TPSA) is 27.1 Å². The molecular weight excluding hydrogens is 284 g/mol. The predicted octanol–water partition coefficient (Wildman–Crippen LogP) is 4.18. The summed E-state index contributed by atoms with van der Waals surface area (Å²) in [6.07, 6.45) is 1.80. The Labute approximate surface area is 128 Å². The van der Waals surface area contributed by atoms with Crippen LogP contribution in [0.25, 0.3) is 0 Å². The Morgan fingerprint density at radius 1 is 0.952 bits per heavy atom. The number of hydrogen-bond donors (Lipinski definition) is 0. The molecule has 1 aromatic heterocycles. The van der Waals surface area contributed by atoms with E-state index in [1.165, 1.54) is 0 Å². The van der Waals surface area contributed by atoms with Gasteiger partial charge in [-0.15, -0.1) is 0 Å². The molecule has 1 heterocycles. The van der Waals surface area contributed by atoms with Crippen LogP contribution in [0.1, 0.15) is 17.2 Å². The average molecular weight is 299 g/mol. The number of rotatable bonds is 4. The van der Waals surface area contributed by atoms with Crippen molar-refractivity contribution in [1.82, 2.24) is 9.55 Å². The van der Waals surface area contributed by atoms with E-state index in [2.05, 4.69) is 29.2 Å². The minimum atomic E-state index is -0.0256. The van der Waals surface area contributed by atoms with Crippen LogP contribution in [0.2, 0.25) is 5.15 Å².